The average molecular weight is 247 g/mol. The lowest BCUT2D eigenvalue weighted by Crippen LogP contribution is -2.35. The van der Waals surface area contributed by atoms with Crippen LogP contribution in [-0.2, 0) is 6.54 Å². The summed E-state index contributed by atoms with van der Waals surface area (Å²) >= 11 is 0. The van der Waals surface area contributed by atoms with Crippen molar-refractivity contribution in [2.45, 2.75) is 52.1 Å². The van der Waals surface area contributed by atoms with Crippen LogP contribution in [0.5, 0.6) is 0 Å². The number of hydrogen-bond acceptors (Lipinski definition) is 3. The highest BCUT2D eigenvalue weighted by atomic mass is 15.1. The van der Waals surface area contributed by atoms with Crippen LogP contribution in [0.15, 0.2) is 12.3 Å². The van der Waals surface area contributed by atoms with Crippen LogP contribution in [0.2, 0.25) is 0 Å². The van der Waals surface area contributed by atoms with E-state index in [9.17, 15) is 0 Å². The summed E-state index contributed by atoms with van der Waals surface area (Å²) in [5.74, 6) is 0.891. The van der Waals surface area contributed by atoms with Crippen molar-refractivity contribution in [1.29, 1.82) is 0 Å². The Hall–Kier alpha value is -1.09. The highest BCUT2D eigenvalue weighted by molar-refractivity contribution is 5.53. The zero-order valence-electron chi connectivity index (χ0n) is 11.8. The molecule has 1 aliphatic carbocycles. The van der Waals surface area contributed by atoms with Gasteiger partial charge in [-0.05, 0) is 44.6 Å². The van der Waals surface area contributed by atoms with Crippen molar-refractivity contribution in [3.63, 3.8) is 0 Å². The fraction of sp³-hybridized carbons (Fsp3) is 0.667. The van der Waals surface area contributed by atoms with Crippen LogP contribution in [0, 0.1) is 12.8 Å². The number of anilines is 1. The van der Waals surface area contributed by atoms with Crippen LogP contribution in [-0.4, -0.2) is 18.1 Å². The molecule has 0 bridgehead atoms. The van der Waals surface area contributed by atoms with Crippen LogP contribution in [0.3, 0.4) is 0 Å². The zero-order valence-corrected chi connectivity index (χ0v) is 11.8. The number of nitrogens with two attached hydrogens (primary N) is 1. The first kappa shape index (κ1) is 13.3. The van der Waals surface area contributed by atoms with Crippen molar-refractivity contribution in [3.05, 3.63) is 23.5 Å². The Morgan fingerprint density at radius 1 is 1.33 bits per heavy atom. The van der Waals surface area contributed by atoms with E-state index in [1.165, 1.54) is 31.4 Å². The predicted octanol–water partition coefficient (Wildman–Crippen LogP) is 2.86. The third-order valence-electron chi connectivity index (χ3n) is 4.23. The second-order valence-electron chi connectivity index (χ2n) is 5.68. The topological polar surface area (TPSA) is 42.1 Å². The molecular weight excluding hydrogens is 222 g/mol. The van der Waals surface area contributed by atoms with Crippen molar-refractivity contribution < 1.29 is 0 Å². The molecule has 1 aliphatic rings. The fourth-order valence-corrected chi connectivity index (χ4v) is 2.89. The summed E-state index contributed by atoms with van der Waals surface area (Å²) in [6.45, 7) is 4.97. The summed E-state index contributed by atoms with van der Waals surface area (Å²) in [6.07, 6.45) is 7.20. The molecule has 1 aromatic heterocycles. The van der Waals surface area contributed by atoms with Crippen molar-refractivity contribution in [1.82, 2.24) is 4.98 Å². The maximum absolute atomic E-state index is 5.82. The van der Waals surface area contributed by atoms with Crippen LogP contribution in [0.1, 0.15) is 43.9 Å². The molecule has 3 heteroatoms. The van der Waals surface area contributed by atoms with Gasteiger partial charge in [0.1, 0.15) is 0 Å². The molecule has 0 aromatic carbocycles. The van der Waals surface area contributed by atoms with Gasteiger partial charge in [0.15, 0.2) is 0 Å². The number of hydrogen-bond donors (Lipinski definition) is 1. The highest BCUT2D eigenvalue weighted by Gasteiger charge is 2.23. The molecule has 2 rings (SSSR count). The van der Waals surface area contributed by atoms with Gasteiger partial charge in [-0.25, -0.2) is 0 Å². The largest absolute Gasteiger partial charge is 0.371 e. The van der Waals surface area contributed by atoms with Gasteiger partial charge in [-0.3, -0.25) is 4.98 Å². The maximum atomic E-state index is 5.82. The molecule has 100 valence electrons. The summed E-state index contributed by atoms with van der Waals surface area (Å²) < 4.78 is 0. The average Bonchev–Trinajstić information content (AvgIpc) is 2.39. The zero-order chi connectivity index (χ0) is 13.1. The molecule has 0 atom stereocenters. The minimum absolute atomic E-state index is 0.566. The molecule has 0 saturated heterocycles. The second-order valence-corrected chi connectivity index (χ2v) is 5.68. The first-order chi connectivity index (χ1) is 8.61. The van der Waals surface area contributed by atoms with Gasteiger partial charge in [0.25, 0.3) is 0 Å². The Bertz CT molecular complexity index is 395. The smallest absolute Gasteiger partial charge is 0.0445 e. The normalized spacial score (nSPS) is 24.0. The molecule has 18 heavy (non-hydrogen) atoms. The predicted molar refractivity (Wildman–Crippen MR) is 76.7 cm³/mol. The van der Waals surface area contributed by atoms with E-state index in [1.807, 2.05) is 13.1 Å². The summed E-state index contributed by atoms with van der Waals surface area (Å²) in [4.78, 5) is 6.76. The molecule has 0 amide bonds. The lowest BCUT2D eigenvalue weighted by molar-refractivity contribution is 0.340. The minimum Gasteiger partial charge on any atom is -0.371 e. The standard InChI is InChI=1S/C15H25N3/c1-11-4-6-14(7-5-11)18(3)15-8-12(2)17-10-13(15)9-16/h8,10-11,14H,4-7,9,16H2,1-3H3. The van der Waals surface area contributed by atoms with Crippen LogP contribution < -0.4 is 10.6 Å². The second kappa shape index (κ2) is 5.70. The van der Waals surface area contributed by atoms with E-state index in [1.54, 1.807) is 0 Å². The summed E-state index contributed by atoms with van der Waals surface area (Å²) in [5.41, 5.74) is 9.31. The van der Waals surface area contributed by atoms with Gasteiger partial charge in [0, 0.05) is 42.8 Å². The van der Waals surface area contributed by atoms with Crippen molar-refractivity contribution in [2.24, 2.45) is 11.7 Å². The summed E-state index contributed by atoms with van der Waals surface area (Å²) in [7, 11) is 2.20. The molecule has 1 saturated carbocycles. The number of aryl methyl sites for hydroxylation is 1. The van der Waals surface area contributed by atoms with Crippen LogP contribution >= 0.6 is 0 Å². The quantitative estimate of drug-likeness (QED) is 0.893. The third kappa shape index (κ3) is 2.83. The van der Waals surface area contributed by atoms with Gasteiger partial charge in [-0.15, -0.1) is 0 Å². The molecule has 1 fully saturated rings. The minimum atomic E-state index is 0.566. The van der Waals surface area contributed by atoms with Crippen molar-refractivity contribution in [3.8, 4) is 0 Å². The summed E-state index contributed by atoms with van der Waals surface area (Å²) in [6, 6.07) is 2.83. The van der Waals surface area contributed by atoms with E-state index in [4.69, 9.17) is 5.73 Å². The Morgan fingerprint density at radius 3 is 2.61 bits per heavy atom. The monoisotopic (exact) mass is 247 g/mol. The van der Waals surface area contributed by atoms with Crippen LogP contribution in [0.4, 0.5) is 5.69 Å². The van der Waals surface area contributed by atoms with Gasteiger partial charge in [-0.2, -0.15) is 0 Å². The molecule has 1 aromatic rings. The van der Waals surface area contributed by atoms with E-state index in [0.717, 1.165) is 17.2 Å². The van der Waals surface area contributed by atoms with E-state index < -0.39 is 0 Å². The molecule has 0 aliphatic heterocycles. The van der Waals surface area contributed by atoms with Gasteiger partial charge >= 0.3 is 0 Å². The molecule has 0 radical (unpaired) electrons. The highest BCUT2D eigenvalue weighted by Crippen LogP contribution is 2.30. The van der Waals surface area contributed by atoms with Gasteiger partial charge in [-0.1, -0.05) is 6.92 Å². The number of pyridine rings is 1. The van der Waals surface area contributed by atoms with Crippen LogP contribution in [0.25, 0.3) is 0 Å². The van der Waals surface area contributed by atoms with Gasteiger partial charge < -0.3 is 10.6 Å². The van der Waals surface area contributed by atoms with Crippen molar-refractivity contribution in [2.75, 3.05) is 11.9 Å². The lowest BCUT2D eigenvalue weighted by Gasteiger charge is -2.36. The van der Waals surface area contributed by atoms with Gasteiger partial charge in [0.05, 0.1) is 0 Å². The SMILES string of the molecule is Cc1cc(N(C)C2CCC(C)CC2)c(CN)cn1. The van der Waals surface area contributed by atoms with E-state index in [-0.39, 0.29) is 0 Å². The Balaban J connectivity index is 2.17. The molecule has 0 spiro atoms. The molecule has 3 nitrogen and oxygen atoms in total. The van der Waals surface area contributed by atoms with E-state index in [2.05, 4.69) is 29.9 Å². The number of rotatable bonds is 3. The maximum Gasteiger partial charge on any atom is 0.0445 e. The lowest BCUT2D eigenvalue weighted by atomic mass is 9.86. The molecular formula is C15H25N3. The number of aromatic nitrogens is 1. The van der Waals surface area contributed by atoms with E-state index >= 15 is 0 Å². The Labute approximate surface area is 110 Å². The molecule has 2 N–H and O–H groups in total. The van der Waals surface area contributed by atoms with Gasteiger partial charge in [0.2, 0.25) is 0 Å². The molecule has 1 heterocycles. The first-order valence-corrected chi connectivity index (χ1v) is 7.00. The third-order valence-corrected chi connectivity index (χ3v) is 4.23. The Kier molecular flexibility index (Phi) is 4.23. The summed E-state index contributed by atoms with van der Waals surface area (Å²) in [5, 5.41) is 0. The first-order valence-electron chi connectivity index (χ1n) is 7.00. The van der Waals surface area contributed by atoms with E-state index in [0.29, 0.717) is 12.6 Å². The van der Waals surface area contributed by atoms with Crippen molar-refractivity contribution >= 4 is 5.69 Å². The molecule has 0 unspecified atom stereocenters. The Morgan fingerprint density at radius 2 is 2.00 bits per heavy atom. The number of nitrogens with zero attached hydrogens (tertiary/aromatic N) is 2. The fourth-order valence-electron chi connectivity index (χ4n) is 2.89.